The molecule has 0 aromatic rings. The Morgan fingerprint density at radius 2 is 2.15 bits per heavy atom. The number of carbonyl (C=O) groups excluding carboxylic acids is 3. The number of aliphatic hydroxyl groups excluding tert-OH is 1. The second-order valence-corrected chi connectivity index (χ2v) is 5.36. The highest BCUT2D eigenvalue weighted by Crippen LogP contribution is 2.24. The number of esters is 1. The van der Waals surface area contributed by atoms with Crippen molar-refractivity contribution in [2.75, 3.05) is 26.3 Å². The molecule has 0 aromatic heterocycles. The Morgan fingerprint density at radius 3 is 2.65 bits per heavy atom. The molecule has 114 valence electrons. The van der Waals surface area contributed by atoms with Gasteiger partial charge in [-0.3, -0.25) is 14.5 Å². The van der Waals surface area contributed by atoms with E-state index in [2.05, 4.69) is 0 Å². The lowest BCUT2D eigenvalue weighted by atomic mass is 9.84. The highest BCUT2D eigenvalue weighted by Gasteiger charge is 2.37. The molecule has 7 heteroatoms. The number of amides is 1. The normalized spacial score (nSPS) is 18.9. The van der Waals surface area contributed by atoms with Crippen molar-refractivity contribution >= 4 is 17.8 Å². The quantitative estimate of drug-likeness (QED) is 0.679. The van der Waals surface area contributed by atoms with Gasteiger partial charge in [0.2, 0.25) is 0 Å². The summed E-state index contributed by atoms with van der Waals surface area (Å²) in [5.74, 6) is -0.691. The van der Waals surface area contributed by atoms with Gasteiger partial charge in [0.25, 0.3) is 0 Å². The number of aliphatic hydroxyl groups is 1. The topological polar surface area (TPSA) is 93.1 Å². The van der Waals surface area contributed by atoms with Crippen LogP contribution in [-0.4, -0.2) is 60.3 Å². The molecular weight excluding hydrogens is 266 g/mol. The van der Waals surface area contributed by atoms with Crippen LogP contribution in [0, 0.1) is 5.41 Å². The highest BCUT2D eigenvalue weighted by molar-refractivity contribution is 5.91. The van der Waals surface area contributed by atoms with E-state index in [0.717, 1.165) is 0 Å². The lowest BCUT2D eigenvalue weighted by Gasteiger charge is -2.24. The molecule has 0 aliphatic carbocycles. The van der Waals surface area contributed by atoms with Gasteiger partial charge in [-0.1, -0.05) is 13.8 Å². The van der Waals surface area contributed by atoms with Crippen molar-refractivity contribution in [3.05, 3.63) is 0 Å². The zero-order valence-electron chi connectivity index (χ0n) is 12.0. The van der Waals surface area contributed by atoms with Crippen LogP contribution in [0.1, 0.15) is 27.2 Å². The van der Waals surface area contributed by atoms with Crippen LogP contribution in [0.5, 0.6) is 0 Å². The van der Waals surface area contributed by atoms with Gasteiger partial charge in [0.15, 0.2) is 5.78 Å². The molecule has 1 atom stereocenters. The fourth-order valence-electron chi connectivity index (χ4n) is 1.86. The Labute approximate surface area is 117 Å². The zero-order valence-corrected chi connectivity index (χ0v) is 12.0. The minimum Gasteiger partial charge on any atom is -0.466 e. The first-order valence-electron chi connectivity index (χ1n) is 6.55. The molecular formula is C13H21NO6. The molecule has 0 radical (unpaired) electrons. The van der Waals surface area contributed by atoms with Crippen LogP contribution in [0.2, 0.25) is 0 Å². The van der Waals surface area contributed by atoms with Gasteiger partial charge in [-0.2, -0.15) is 0 Å². The van der Waals surface area contributed by atoms with Gasteiger partial charge in [0.05, 0.1) is 32.7 Å². The maximum atomic E-state index is 12.2. The van der Waals surface area contributed by atoms with Gasteiger partial charge >= 0.3 is 12.1 Å². The SMILES string of the molecule is CCOC(=O)CC(C)(C)C(=O)CN1CC(CO)OC1=O. The summed E-state index contributed by atoms with van der Waals surface area (Å²) in [5, 5.41) is 8.92. The second-order valence-electron chi connectivity index (χ2n) is 5.36. The zero-order chi connectivity index (χ0) is 15.3. The van der Waals surface area contributed by atoms with Gasteiger partial charge in [0, 0.05) is 5.41 Å². The molecule has 1 saturated heterocycles. The largest absolute Gasteiger partial charge is 0.466 e. The van der Waals surface area contributed by atoms with E-state index >= 15 is 0 Å². The number of Topliss-reactive ketones (excluding diaryl/α,β-unsaturated/α-hetero) is 1. The maximum absolute atomic E-state index is 12.2. The van der Waals surface area contributed by atoms with Crippen molar-refractivity contribution in [3.63, 3.8) is 0 Å². The summed E-state index contributed by atoms with van der Waals surface area (Å²) in [6, 6.07) is 0. The molecule has 0 saturated carbocycles. The Hall–Kier alpha value is -1.63. The molecule has 0 bridgehead atoms. The van der Waals surface area contributed by atoms with Crippen LogP contribution >= 0.6 is 0 Å². The summed E-state index contributed by atoms with van der Waals surface area (Å²) in [5.41, 5.74) is -0.913. The molecule has 1 aliphatic rings. The monoisotopic (exact) mass is 287 g/mol. The average molecular weight is 287 g/mol. The predicted molar refractivity (Wildman–Crippen MR) is 69.0 cm³/mol. The van der Waals surface area contributed by atoms with Crippen LogP contribution in [0.3, 0.4) is 0 Å². The van der Waals surface area contributed by atoms with Crippen molar-refractivity contribution in [2.24, 2.45) is 5.41 Å². The number of hydrogen-bond acceptors (Lipinski definition) is 6. The first-order chi connectivity index (χ1) is 9.30. The Kier molecular flexibility index (Phi) is 5.50. The molecule has 1 N–H and O–H groups in total. The number of cyclic esters (lactones) is 1. The Balaban J connectivity index is 2.56. The summed E-state index contributed by atoms with van der Waals surface area (Å²) < 4.78 is 9.67. The predicted octanol–water partition coefficient (Wildman–Crippen LogP) is 0.348. The molecule has 20 heavy (non-hydrogen) atoms. The van der Waals surface area contributed by atoms with Crippen molar-refractivity contribution in [1.82, 2.24) is 4.90 Å². The van der Waals surface area contributed by atoms with Gasteiger partial charge < -0.3 is 14.6 Å². The number of rotatable bonds is 7. The standard InChI is InChI=1S/C13H21NO6/c1-4-19-11(17)5-13(2,3)10(16)7-14-6-9(8-15)20-12(14)18/h9,15H,4-8H2,1-3H3. The summed E-state index contributed by atoms with van der Waals surface area (Å²) in [6.07, 6.45) is -1.25. The summed E-state index contributed by atoms with van der Waals surface area (Å²) in [4.78, 5) is 36.3. The fourth-order valence-corrected chi connectivity index (χ4v) is 1.86. The van der Waals surface area contributed by atoms with Crippen molar-refractivity contribution < 1.29 is 29.0 Å². The smallest absolute Gasteiger partial charge is 0.410 e. The third kappa shape index (κ3) is 4.19. The van der Waals surface area contributed by atoms with E-state index in [1.54, 1.807) is 20.8 Å². The molecule has 1 amide bonds. The highest BCUT2D eigenvalue weighted by atomic mass is 16.6. The second kappa shape index (κ2) is 6.69. The molecule has 1 aliphatic heterocycles. The Morgan fingerprint density at radius 1 is 1.50 bits per heavy atom. The number of hydrogen-bond donors (Lipinski definition) is 1. The van der Waals surface area contributed by atoms with Gasteiger partial charge in [-0.25, -0.2) is 4.79 Å². The van der Waals surface area contributed by atoms with E-state index in [-0.39, 0.29) is 38.5 Å². The van der Waals surface area contributed by atoms with Crippen molar-refractivity contribution in [1.29, 1.82) is 0 Å². The van der Waals surface area contributed by atoms with E-state index in [0.29, 0.717) is 0 Å². The van der Waals surface area contributed by atoms with Crippen molar-refractivity contribution in [3.8, 4) is 0 Å². The number of nitrogens with zero attached hydrogens (tertiary/aromatic N) is 1. The summed E-state index contributed by atoms with van der Waals surface area (Å²) in [6.45, 7) is 5.00. The lowest BCUT2D eigenvalue weighted by Crippen LogP contribution is -2.39. The van der Waals surface area contributed by atoms with E-state index < -0.39 is 23.6 Å². The summed E-state index contributed by atoms with van der Waals surface area (Å²) >= 11 is 0. The molecule has 1 fully saturated rings. The van der Waals surface area contributed by atoms with E-state index in [1.807, 2.05) is 0 Å². The summed E-state index contributed by atoms with van der Waals surface area (Å²) in [7, 11) is 0. The van der Waals surface area contributed by atoms with Crippen LogP contribution < -0.4 is 0 Å². The van der Waals surface area contributed by atoms with E-state index in [1.165, 1.54) is 4.90 Å². The number of carbonyl (C=O) groups is 3. The van der Waals surface area contributed by atoms with Gasteiger partial charge in [0.1, 0.15) is 6.10 Å². The van der Waals surface area contributed by atoms with E-state index in [9.17, 15) is 14.4 Å². The minimum absolute atomic E-state index is 0.0357. The lowest BCUT2D eigenvalue weighted by molar-refractivity contribution is -0.148. The Bertz CT molecular complexity index is 392. The van der Waals surface area contributed by atoms with Crippen LogP contribution in [-0.2, 0) is 19.1 Å². The van der Waals surface area contributed by atoms with Crippen LogP contribution in [0.15, 0.2) is 0 Å². The first-order valence-corrected chi connectivity index (χ1v) is 6.55. The molecule has 1 rings (SSSR count). The van der Waals surface area contributed by atoms with Crippen LogP contribution in [0.4, 0.5) is 4.79 Å². The molecule has 7 nitrogen and oxygen atoms in total. The third-order valence-corrected chi connectivity index (χ3v) is 3.13. The van der Waals surface area contributed by atoms with Crippen molar-refractivity contribution in [2.45, 2.75) is 33.3 Å². The van der Waals surface area contributed by atoms with Crippen LogP contribution in [0.25, 0.3) is 0 Å². The van der Waals surface area contributed by atoms with Gasteiger partial charge in [-0.15, -0.1) is 0 Å². The van der Waals surface area contributed by atoms with Gasteiger partial charge in [-0.05, 0) is 6.92 Å². The average Bonchev–Trinajstić information content (AvgIpc) is 2.69. The fraction of sp³-hybridized carbons (Fsp3) is 0.769. The molecule has 1 unspecified atom stereocenters. The molecule has 0 spiro atoms. The first kappa shape index (κ1) is 16.4. The number of ketones is 1. The number of ether oxygens (including phenoxy) is 2. The maximum Gasteiger partial charge on any atom is 0.410 e. The molecule has 1 heterocycles. The van der Waals surface area contributed by atoms with E-state index in [4.69, 9.17) is 14.6 Å². The third-order valence-electron chi connectivity index (χ3n) is 3.13. The minimum atomic E-state index is -0.913. The molecule has 0 aromatic carbocycles.